The fraction of sp³-hybridized carbons (Fsp3) is 0.200. The van der Waals surface area contributed by atoms with Gasteiger partial charge >= 0.3 is 0 Å². The monoisotopic (exact) mass is 325 g/mol. The van der Waals surface area contributed by atoms with E-state index in [1.54, 1.807) is 12.1 Å². The molecule has 0 fully saturated rings. The molecule has 0 aromatic heterocycles. The SMILES string of the molecule is Cc1ccc(S(=O)(=O)NCCOc2ccccc2)c(Cl)c1. The van der Waals surface area contributed by atoms with E-state index in [2.05, 4.69) is 4.72 Å². The number of hydrogen-bond donors (Lipinski definition) is 1. The van der Waals surface area contributed by atoms with Crippen molar-refractivity contribution in [2.24, 2.45) is 0 Å². The van der Waals surface area contributed by atoms with E-state index in [9.17, 15) is 8.42 Å². The molecule has 2 rings (SSSR count). The van der Waals surface area contributed by atoms with Gasteiger partial charge in [-0.1, -0.05) is 35.9 Å². The van der Waals surface area contributed by atoms with Gasteiger partial charge in [0.15, 0.2) is 0 Å². The highest BCUT2D eigenvalue weighted by molar-refractivity contribution is 7.89. The molecule has 2 aromatic rings. The lowest BCUT2D eigenvalue weighted by molar-refractivity contribution is 0.323. The average molecular weight is 326 g/mol. The van der Waals surface area contributed by atoms with Gasteiger partial charge in [-0.3, -0.25) is 0 Å². The van der Waals surface area contributed by atoms with Crippen molar-refractivity contribution in [1.82, 2.24) is 4.72 Å². The predicted octanol–water partition coefficient (Wildman–Crippen LogP) is 3.01. The highest BCUT2D eigenvalue weighted by atomic mass is 35.5. The second kappa shape index (κ2) is 6.93. The van der Waals surface area contributed by atoms with Crippen LogP contribution in [0.3, 0.4) is 0 Å². The van der Waals surface area contributed by atoms with Crippen LogP contribution in [0.4, 0.5) is 0 Å². The molecule has 1 N–H and O–H groups in total. The highest BCUT2D eigenvalue weighted by Crippen LogP contribution is 2.22. The molecule has 112 valence electrons. The summed E-state index contributed by atoms with van der Waals surface area (Å²) in [5.41, 5.74) is 0.909. The number of ether oxygens (including phenoxy) is 1. The maximum absolute atomic E-state index is 12.1. The summed E-state index contributed by atoms with van der Waals surface area (Å²) in [6, 6.07) is 14.0. The number of benzene rings is 2. The van der Waals surface area contributed by atoms with Gasteiger partial charge in [0, 0.05) is 6.54 Å². The summed E-state index contributed by atoms with van der Waals surface area (Å²) in [5, 5.41) is 0.214. The van der Waals surface area contributed by atoms with Gasteiger partial charge in [-0.05, 0) is 36.8 Å². The van der Waals surface area contributed by atoms with Gasteiger partial charge in [-0.25, -0.2) is 13.1 Å². The first kappa shape index (κ1) is 15.8. The van der Waals surface area contributed by atoms with E-state index < -0.39 is 10.0 Å². The normalized spacial score (nSPS) is 11.3. The minimum Gasteiger partial charge on any atom is -0.492 e. The van der Waals surface area contributed by atoms with Crippen molar-refractivity contribution in [3.63, 3.8) is 0 Å². The summed E-state index contributed by atoms with van der Waals surface area (Å²) < 4.78 is 32.1. The van der Waals surface area contributed by atoms with Gasteiger partial charge in [0.05, 0.1) is 5.02 Å². The van der Waals surface area contributed by atoms with Crippen LogP contribution in [-0.4, -0.2) is 21.6 Å². The zero-order chi connectivity index (χ0) is 15.3. The van der Waals surface area contributed by atoms with Crippen molar-refractivity contribution in [3.8, 4) is 5.75 Å². The van der Waals surface area contributed by atoms with E-state index in [1.807, 2.05) is 37.3 Å². The summed E-state index contributed by atoms with van der Waals surface area (Å²) in [6.07, 6.45) is 0. The Balaban J connectivity index is 1.92. The van der Waals surface area contributed by atoms with Crippen LogP contribution < -0.4 is 9.46 Å². The second-order valence-electron chi connectivity index (χ2n) is 4.49. The summed E-state index contributed by atoms with van der Waals surface area (Å²) >= 11 is 5.97. The first-order valence-electron chi connectivity index (χ1n) is 6.43. The first-order chi connectivity index (χ1) is 9.99. The van der Waals surface area contributed by atoms with Crippen molar-refractivity contribution in [2.45, 2.75) is 11.8 Å². The number of aryl methyl sites for hydroxylation is 1. The third kappa shape index (κ3) is 4.46. The number of rotatable bonds is 6. The standard InChI is InChI=1S/C15H16ClNO3S/c1-12-7-8-15(14(16)11-12)21(18,19)17-9-10-20-13-5-3-2-4-6-13/h2-8,11,17H,9-10H2,1H3. The highest BCUT2D eigenvalue weighted by Gasteiger charge is 2.17. The maximum Gasteiger partial charge on any atom is 0.242 e. The van der Waals surface area contributed by atoms with Crippen molar-refractivity contribution in [2.75, 3.05) is 13.2 Å². The molecule has 0 radical (unpaired) electrons. The summed E-state index contributed by atoms with van der Waals surface area (Å²) in [7, 11) is -3.62. The molecule has 4 nitrogen and oxygen atoms in total. The molecule has 2 aromatic carbocycles. The first-order valence-corrected chi connectivity index (χ1v) is 8.29. The van der Waals surface area contributed by atoms with Crippen molar-refractivity contribution in [3.05, 3.63) is 59.1 Å². The Kier molecular flexibility index (Phi) is 5.22. The molecule has 0 aliphatic rings. The molecule has 0 spiro atoms. The molecule has 0 heterocycles. The van der Waals surface area contributed by atoms with E-state index in [0.717, 1.165) is 5.56 Å². The largest absolute Gasteiger partial charge is 0.492 e. The van der Waals surface area contributed by atoms with Crippen LogP contribution in [-0.2, 0) is 10.0 Å². The molecule has 0 atom stereocenters. The zero-order valence-corrected chi connectivity index (χ0v) is 13.1. The van der Waals surface area contributed by atoms with Crippen LogP contribution in [0.5, 0.6) is 5.75 Å². The minimum atomic E-state index is -3.62. The number of nitrogens with one attached hydrogen (secondary N) is 1. The number of halogens is 1. The van der Waals surface area contributed by atoms with E-state index in [0.29, 0.717) is 5.75 Å². The van der Waals surface area contributed by atoms with Crippen LogP contribution in [0, 0.1) is 6.92 Å². The predicted molar refractivity (Wildman–Crippen MR) is 83.3 cm³/mol. The Bertz CT molecular complexity index is 702. The Labute approximate surface area is 129 Å². The topological polar surface area (TPSA) is 55.4 Å². The fourth-order valence-electron chi connectivity index (χ4n) is 1.76. The molecule has 0 saturated carbocycles. The van der Waals surface area contributed by atoms with E-state index in [1.165, 1.54) is 6.07 Å². The van der Waals surface area contributed by atoms with Crippen LogP contribution >= 0.6 is 11.6 Å². The van der Waals surface area contributed by atoms with Crippen molar-refractivity contribution < 1.29 is 13.2 Å². The van der Waals surface area contributed by atoms with Crippen molar-refractivity contribution >= 4 is 21.6 Å². The molecule has 0 bridgehead atoms. The molecule has 0 aliphatic heterocycles. The lowest BCUT2D eigenvalue weighted by atomic mass is 10.2. The third-order valence-electron chi connectivity index (χ3n) is 2.78. The summed E-state index contributed by atoms with van der Waals surface area (Å²) in [5.74, 6) is 0.699. The van der Waals surface area contributed by atoms with E-state index >= 15 is 0 Å². The Morgan fingerprint density at radius 1 is 1.14 bits per heavy atom. The van der Waals surface area contributed by atoms with E-state index in [-0.39, 0.29) is 23.1 Å². The number of para-hydroxylation sites is 1. The molecular weight excluding hydrogens is 310 g/mol. The van der Waals surface area contributed by atoms with Crippen molar-refractivity contribution in [1.29, 1.82) is 0 Å². The lowest BCUT2D eigenvalue weighted by Crippen LogP contribution is -2.28. The molecule has 0 saturated heterocycles. The van der Waals surface area contributed by atoms with Gasteiger partial charge in [-0.2, -0.15) is 0 Å². The second-order valence-corrected chi connectivity index (χ2v) is 6.64. The fourth-order valence-corrected chi connectivity index (χ4v) is 3.37. The molecule has 0 unspecified atom stereocenters. The molecule has 21 heavy (non-hydrogen) atoms. The van der Waals surface area contributed by atoms with Gasteiger partial charge in [0.2, 0.25) is 10.0 Å². The summed E-state index contributed by atoms with van der Waals surface area (Å²) in [6.45, 7) is 2.26. The quantitative estimate of drug-likeness (QED) is 0.831. The van der Waals surface area contributed by atoms with E-state index in [4.69, 9.17) is 16.3 Å². The van der Waals surface area contributed by atoms with Gasteiger partial charge in [0.25, 0.3) is 0 Å². The third-order valence-corrected chi connectivity index (χ3v) is 4.73. The Morgan fingerprint density at radius 2 is 1.86 bits per heavy atom. The molecule has 0 amide bonds. The zero-order valence-electron chi connectivity index (χ0n) is 11.5. The summed E-state index contributed by atoms with van der Waals surface area (Å²) in [4.78, 5) is 0.0782. The Morgan fingerprint density at radius 3 is 2.52 bits per heavy atom. The van der Waals surface area contributed by atoms with Crippen LogP contribution in [0.15, 0.2) is 53.4 Å². The average Bonchev–Trinajstić information content (AvgIpc) is 2.44. The molecular formula is C15H16ClNO3S. The van der Waals surface area contributed by atoms with Gasteiger partial charge in [0.1, 0.15) is 17.3 Å². The smallest absolute Gasteiger partial charge is 0.242 e. The molecule has 6 heteroatoms. The lowest BCUT2D eigenvalue weighted by Gasteiger charge is -2.10. The number of hydrogen-bond acceptors (Lipinski definition) is 3. The minimum absolute atomic E-state index is 0.0782. The Hall–Kier alpha value is -1.56. The molecule has 0 aliphatic carbocycles. The van der Waals surface area contributed by atoms with Crippen LogP contribution in [0.1, 0.15) is 5.56 Å². The van der Waals surface area contributed by atoms with Gasteiger partial charge < -0.3 is 4.74 Å². The van der Waals surface area contributed by atoms with Gasteiger partial charge in [-0.15, -0.1) is 0 Å². The van der Waals surface area contributed by atoms with Crippen LogP contribution in [0.25, 0.3) is 0 Å². The van der Waals surface area contributed by atoms with Crippen LogP contribution in [0.2, 0.25) is 5.02 Å². The maximum atomic E-state index is 12.1. The number of sulfonamides is 1.